The number of aromatic amines is 3. The maximum Gasteiger partial charge on any atom is 0.185 e. The third kappa shape index (κ3) is 1.31. The van der Waals surface area contributed by atoms with Crippen LogP contribution in [0.5, 0.6) is 0 Å². The smallest absolute Gasteiger partial charge is 0.185 e. The van der Waals surface area contributed by atoms with Gasteiger partial charge >= 0.3 is 0 Å². The van der Waals surface area contributed by atoms with Crippen molar-refractivity contribution in [3.63, 3.8) is 0 Å². The van der Waals surface area contributed by atoms with Gasteiger partial charge in [0.2, 0.25) is 0 Å². The van der Waals surface area contributed by atoms with Crippen molar-refractivity contribution in [3.8, 4) is 10.6 Å². The second-order valence-electron chi connectivity index (χ2n) is 3.34. The summed E-state index contributed by atoms with van der Waals surface area (Å²) in [6, 6.07) is 8.06. The number of nitrogens with zero attached hydrogens (tertiary/aromatic N) is 1. The van der Waals surface area contributed by atoms with E-state index in [1.165, 1.54) is 0 Å². The van der Waals surface area contributed by atoms with E-state index < -0.39 is 0 Å². The van der Waals surface area contributed by atoms with Crippen LogP contribution in [0.4, 0.5) is 5.82 Å². The van der Waals surface area contributed by atoms with Crippen LogP contribution in [-0.4, -0.2) is 15.2 Å². The highest BCUT2D eigenvalue weighted by Gasteiger charge is 2.10. The van der Waals surface area contributed by atoms with Gasteiger partial charge in [0.25, 0.3) is 0 Å². The van der Waals surface area contributed by atoms with Crippen LogP contribution >= 0.6 is 11.3 Å². The van der Waals surface area contributed by atoms with E-state index in [-0.39, 0.29) is 0 Å². The molecule has 2 aliphatic rings. The molecule has 6 heteroatoms. The number of benzene rings is 1. The minimum Gasteiger partial charge on any atom is -0.352 e. The number of hydrogen-bond donors (Lipinski definition) is 4. The monoisotopic (exact) mass is 231 g/mol. The van der Waals surface area contributed by atoms with E-state index in [4.69, 9.17) is 5.53 Å². The largest absolute Gasteiger partial charge is 0.352 e. The molecule has 4 N–H and O–H groups in total. The van der Waals surface area contributed by atoms with Gasteiger partial charge in [-0.05, 0) is 12.1 Å². The first-order valence-corrected chi connectivity index (χ1v) is 5.58. The van der Waals surface area contributed by atoms with E-state index in [9.17, 15) is 0 Å². The summed E-state index contributed by atoms with van der Waals surface area (Å²) in [7, 11) is 0. The Balaban J connectivity index is 2.46. The number of rotatable bonds is 1. The van der Waals surface area contributed by atoms with Crippen molar-refractivity contribution in [2.75, 3.05) is 0 Å². The lowest BCUT2D eigenvalue weighted by Crippen LogP contribution is -1.90. The molecule has 0 spiro atoms. The highest BCUT2D eigenvalue weighted by atomic mass is 32.1. The fourth-order valence-electron chi connectivity index (χ4n) is 1.62. The van der Waals surface area contributed by atoms with Gasteiger partial charge in [0.15, 0.2) is 5.82 Å². The second kappa shape index (κ2) is 3.49. The topological polar surface area (TPSA) is 83.6 Å². The van der Waals surface area contributed by atoms with E-state index in [1.807, 2.05) is 30.5 Å². The van der Waals surface area contributed by atoms with E-state index in [1.54, 1.807) is 11.3 Å². The Morgan fingerprint density at radius 3 is 3.00 bits per heavy atom. The Morgan fingerprint density at radius 2 is 2.12 bits per heavy atom. The lowest BCUT2D eigenvalue weighted by Gasteiger charge is -2.09. The molecular weight excluding hydrogens is 222 g/mol. The van der Waals surface area contributed by atoms with Crippen molar-refractivity contribution >= 4 is 27.4 Å². The Morgan fingerprint density at radius 1 is 1.25 bits per heavy atom. The number of hydrogen-bond acceptors (Lipinski definition) is 3. The lowest BCUT2D eigenvalue weighted by molar-refractivity contribution is 0.979. The molecule has 0 aliphatic carbocycles. The molecule has 16 heavy (non-hydrogen) atoms. The van der Waals surface area contributed by atoms with E-state index >= 15 is 0 Å². The van der Waals surface area contributed by atoms with Crippen molar-refractivity contribution < 1.29 is 0 Å². The number of fused-ring (bicyclic) bond motifs is 2. The van der Waals surface area contributed by atoms with Crippen LogP contribution in [0.1, 0.15) is 0 Å². The quantitative estimate of drug-likeness (QED) is 0.363. The molecule has 3 rings (SSSR count). The van der Waals surface area contributed by atoms with Gasteiger partial charge in [0, 0.05) is 6.20 Å². The van der Waals surface area contributed by atoms with Gasteiger partial charge in [-0.25, -0.2) is 5.53 Å². The van der Waals surface area contributed by atoms with Gasteiger partial charge in [-0.2, -0.15) is 0 Å². The number of para-hydroxylation sites is 1. The molecule has 0 unspecified atom stereocenters. The van der Waals surface area contributed by atoms with Crippen LogP contribution in [0.3, 0.4) is 0 Å². The summed E-state index contributed by atoms with van der Waals surface area (Å²) in [5.41, 5.74) is 9.12. The summed E-state index contributed by atoms with van der Waals surface area (Å²) in [6.45, 7) is 0. The molecule has 0 saturated heterocycles. The first kappa shape index (κ1) is 9.17. The minimum atomic E-state index is 0.532. The van der Waals surface area contributed by atoms with E-state index in [0.717, 1.165) is 20.8 Å². The van der Waals surface area contributed by atoms with Crippen molar-refractivity contribution in [2.24, 2.45) is 5.11 Å². The SMILES string of the molecule is N=Nc1[nH][nH]cc2[nH]c3ccccc3sc1-2. The normalized spacial score (nSPS) is 10.8. The Hall–Kier alpha value is -2.08. The molecule has 2 aliphatic heterocycles. The van der Waals surface area contributed by atoms with Crippen LogP contribution in [0.25, 0.3) is 20.8 Å². The van der Waals surface area contributed by atoms with Crippen molar-refractivity contribution in [1.82, 2.24) is 15.2 Å². The van der Waals surface area contributed by atoms with Gasteiger partial charge in [-0.1, -0.05) is 12.1 Å². The zero-order valence-electron chi connectivity index (χ0n) is 8.24. The van der Waals surface area contributed by atoms with Crippen LogP contribution in [0, 0.1) is 5.53 Å². The van der Waals surface area contributed by atoms with Crippen LogP contribution in [-0.2, 0) is 0 Å². The van der Waals surface area contributed by atoms with E-state index in [0.29, 0.717) is 5.82 Å². The molecule has 80 valence electrons. The molecule has 0 amide bonds. The molecular formula is C10H9N5S. The van der Waals surface area contributed by atoms with Crippen molar-refractivity contribution in [3.05, 3.63) is 30.5 Å². The Kier molecular flexibility index (Phi) is 2.00. The highest BCUT2D eigenvalue weighted by Crippen LogP contribution is 2.35. The number of H-pyrrole nitrogens is 3. The number of aromatic nitrogens is 3. The summed E-state index contributed by atoms with van der Waals surface area (Å²) in [5, 5.41) is 9.15. The Labute approximate surface area is 94.7 Å². The molecule has 5 nitrogen and oxygen atoms in total. The summed E-state index contributed by atoms with van der Waals surface area (Å²) < 4.78 is 1.14. The Bertz CT molecular complexity index is 654. The van der Waals surface area contributed by atoms with Crippen molar-refractivity contribution in [1.29, 1.82) is 5.53 Å². The average molecular weight is 231 g/mol. The molecule has 0 saturated carbocycles. The molecule has 1 aromatic carbocycles. The predicted octanol–water partition coefficient (Wildman–Crippen LogP) is 3.78. The molecule has 0 fully saturated rings. The van der Waals surface area contributed by atoms with Crippen LogP contribution in [0.2, 0.25) is 0 Å². The molecule has 0 radical (unpaired) electrons. The molecule has 2 heterocycles. The van der Waals surface area contributed by atoms with Gasteiger partial charge in [-0.3, -0.25) is 5.10 Å². The second-order valence-corrected chi connectivity index (χ2v) is 4.39. The lowest BCUT2D eigenvalue weighted by atomic mass is 10.3. The standard InChI is InChI=1S/C10H9N5S/c11-14-10-9-7(5-12-15-10)13-6-3-1-2-4-8(6)16-9/h1-5,11-13,15H. The summed E-state index contributed by atoms with van der Waals surface area (Å²) in [6.07, 6.45) is 1.83. The summed E-state index contributed by atoms with van der Waals surface area (Å²) >= 11 is 1.61. The summed E-state index contributed by atoms with van der Waals surface area (Å²) in [5.74, 6) is 0.532. The first-order chi connectivity index (χ1) is 7.88. The highest BCUT2D eigenvalue weighted by molar-refractivity contribution is 7.21. The maximum absolute atomic E-state index is 7.10. The van der Waals surface area contributed by atoms with Crippen LogP contribution < -0.4 is 0 Å². The molecule has 0 atom stereocenters. The molecule has 1 aromatic rings. The third-order valence-electron chi connectivity index (χ3n) is 2.35. The number of nitrogens with one attached hydrogen (secondary N) is 4. The van der Waals surface area contributed by atoms with Crippen molar-refractivity contribution in [2.45, 2.75) is 0 Å². The van der Waals surface area contributed by atoms with Gasteiger partial charge < -0.3 is 10.1 Å². The fourth-order valence-corrected chi connectivity index (χ4v) is 2.62. The zero-order valence-corrected chi connectivity index (χ0v) is 9.06. The van der Waals surface area contributed by atoms with Gasteiger partial charge in [0.1, 0.15) is 0 Å². The minimum absolute atomic E-state index is 0.532. The molecule has 0 aromatic heterocycles. The van der Waals surface area contributed by atoms with E-state index in [2.05, 4.69) is 20.3 Å². The fraction of sp³-hybridized carbons (Fsp3) is 0. The summed E-state index contributed by atoms with van der Waals surface area (Å²) in [4.78, 5) is 4.24. The molecule has 0 bridgehead atoms. The average Bonchev–Trinajstić information content (AvgIpc) is 2.35. The third-order valence-corrected chi connectivity index (χ3v) is 3.54. The van der Waals surface area contributed by atoms with Gasteiger partial charge in [0.05, 0.1) is 20.8 Å². The maximum atomic E-state index is 7.10. The first-order valence-electron chi connectivity index (χ1n) is 4.76. The zero-order chi connectivity index (χ0) is 11.0. The predicted molar refractivity (Wildman–Crippen MR) is 63.9 cm³/mol. The van der Waals surface area contributed by atoms with Gasteiger partial charge in [-0.15, -0.1) is 16.5 Å². The van der Waals surface area contributed by atoms with Crippen LogP contribution in [0.15, 0.2) is 35.6 Å².